The molecule has 3 heterocycles. The molecular weight excluding hydrogens is 333 g/mol. The van der Waals surface area contributed by atoms with Gasteiger partial charge in [0.05, 0.1) is 0 Å². The fourth-order valence-corrected chi connectivity index (χ4v) is 3.04. The number of fused-ring (bicyclic) bond motifs is 1. The van der Waals surface area contributed by atoms with E-state index in [0.29, 0.717) is 30.8 Å². The highest BCUT2D eigenvalue weighted by molar-refractivity contribution is 5.71. The molecule has 25 heavy (non-hydrogen) atoms. The van der Waals surface area contributed by atoms with Crippen LogP contribution in [0.3, 0.4) is 0 Å². The molecule has 2 aromatic heterocycles. The molecule has 0 saturated carbocycles. The maximum atomic E-state index is 13.5. The van der Waals surface area contributed by atoms with Crippen LogP contribution in [0.4, 0.5) is 4.39 Å². The highest BCUT2D eigenvalue weighted by Crippen LogP contribution is 2.43. The minimum absolute atomic E-state index is 0.0478. The van der Waals surface area contributed by atoms with Crippen molar-refractivity contribution in [2.75, 3.05) is 13.1 Å². The van der Waals surface area contributed by atoms with Crippen LogP contribution >= 0.6 is 0 Å². The van der Waals surface area contributed by atoms with Gasteiger partial charge in [-0.05, 0) is 34.5 Å². The lowest BCUT2D eigenvalue weighted by Gasteiger charge is -2.31. The average molecular weight is 345 g/mol. The van der Waals surface area contributed by atoms with Gasteiger partial charge in [-0.3, -0.25) is 4.52 Å². The molecule has 9 nitrogen and oxygen atoms in total. The molecule has 0 radical (unpaired) electrons. The van der Waals surface area contributed by atoms with E-state index in [1.54, 1.807) is 6.08 Å². The number of nitrogens with one attached hydrogen (secondary N) is 1. The molecule has 1 saturated heterocycles. The molecule has 128 valence electrons. The van der Waals surface area contributed by atoms with Gasteiger partial charge in [-0.2, -0.15) is 0 Å². The van der Waals surface area contributed by atoms with Crippen LogP contribution in [0.5, 0.6) is 5.88 Å². The molecule has 10 heteroatoms. The molecular formula is C15H12FN5O4. The lowest BCUT2D eigenvalue weighted by molar-refractivity contribution is 0.129. The number of rotatable bonds is 4. The summed E-state index contributed by atoms with van der Waals surface area (Å²) in [7, 11) is 0. The molecule has 0 aromatic carbocycles. The van der Waals surface area contributed by atoms with Crippen LogP contribution < -0.4 is 15.8 Å². The Morgan fingerprint density at radius 1 is 1.32 bits per heavy atom. The SMILES string of the molecule is O=c1onc(-c2nonc2OC2CNC2)n1C1=C2C=C(F)C=C[C@@H]2C1. The molecule has 2 aliphatic carbocycles. The van der Waals surface area contributed by atoms with Gasteiger partial charge in [0, 0.05) is 24.7 Å². The van der Waals surface area contributed by atoms with Crippen molar-refractivity contribution < 1.29 is 18.3 Å². The Hall–Kier alpha value is -3.01. The largest absolute Gasteiger partial charge is 0.468 e. The third-order valence-corrected chi connectivity index (χ3v) is 4.49. The quantitative estimate of drug-likeness (QED) is 0.870. The maximum absolute atomic E-state index is 13.5. The predicted molar refractivity (Wildman–Crippen MR) is 81.0 cm³/mol. The van der Waals surface area contributed by atoms with Gasteiger partial charge in [0.25, 0.3) is 5.88 Å². The number of nitrogens with zero attached hydrogens (tertiary/aromatic N) is 4. The monoisotopic (exact) mass is 345 g/mol. The van der Waals surface area contributed by atoms with E-state index in [2.05, 4.69) is 20.8 Å². The van der Waals surface area contributed by atoms with E-state index in [-0.39, 0.29) is 35.2 Å². The zero-order valence-corrected chi connectivity index (χ0v) is 12.8. The first kappa shape index (κ1) is 14.3. The molecule has 3 aliphatic rings. The fourth-order valence-electron chi connectivity index (χ4n) is 3.04. The van der Waals surface area contributed by atoms with Crippen LogP contribution in [0.2, 0.25) is 0 Å². The van der Waals surface area contributed by atoms with Gasteiger partial charge in [0.1, 0.15) is 11.9 Å². The van der Waals surface area contributed by atoms with E-state index in [1.807, 2.05) is 0 Å². The van der Waals surface area contributed by atoms with Crippen LogP contribution in [0.1, 0.15) is 6.42 Å². The van der Waals surface area contributed by atoms with Crippen molar-refractivity contribution in [3.63, 3.8) is 0 Å². The predicted octanol–water partition coefficient (Wildman–Crippen LogP) is 0.891. The molecule has 0 spiro atoms. The molecule has 1 fully saturated rings. The minimum atomic E-state index is -0.682. The summed E-state index contributed by atoms with van der Waals surface area (Å²) in [6, 6.07) is 0. The summed E-state index contributed by atoms with van der Waals surface area (Å²) in [4.78, 5) is 12.2. The lowest BCUT2D eigenvalue weighted by atomic mass is 9.78. The first-order valence-electron chi connectivity index (χ1n) is 7.78. The molecule has 0 amide bonds. The summed E-state index contributed by atoms with van der Waals surface area (Å²) >= 11 is 0. The van der Waals surface area contributed by atoms with Crippen LogP contribution in [0.25, 0.3) is 17.2 Å². The second-order valence-electron chi connectivity index (χ2n) is 6.02. The molecule has 0 unspecified atom stereocenters. The first-order chi connectivity index (χ1) is 12.2. The number of aromatic nitrogens is 4. The minimum Gasteiger partial charge on any atom is -0.468 e. The second kappa shape index (κ2) is 5.24. The van der Waals surface area contributed by atoms with Gasteiger partial charge in [-0.15, -0.1) is 0 Å². The van der Waals surface area contributed by atoms with E-state index in [0.717, 1.165) is 0 Å². The average Bonchev–Trinajstić information content (AvgIpc) is 3.14. The van der Waals surface area contributed by atoms with Gasteiger partial charge in [-0.25, -0.2) is 18.4 Å². The number of ether oxygens (including phenoxy) is 1. The van der Waals surface area contributed by atoms with E-state index in [4.69, 9.17) is 13.9 Å². The van der Waals surface area contributed by atoms with Gasteiger partial charge < -0.3 is 10.1 Å². The van der Waals surface area contributed by atoms with Crippen LogP contribution in [-0.4, -0.2) is 39.2 Å². The summed E-state index contributed by atoms with van der Waals surface area (Å²) in [5.74, 6) is -0.702. The third kappa shape index (κ3) is 2.18. The summed E-state index contributed by atoms with van der Waals surface area (Å²) < 4.78 is 30.0. The van der Waals surface area contributed by atoms with Crippen LogP contribution in [0.15, 0.2) is 43.6 Å². The van der Waals surface area contributed by atoms with Crippen molar-refractivity contribution in [1.82, 2.24) is 25.4 Å². The Balaban J connectivity index is 1.58. The number of hydrogen-bond acceptors (Lipinski definition) is 8. The fraction of sp³-hybridized carbons (Fsp3) is 0.333. The summed E-state index contributed by atoms with van der Waals surface area (Å²) in [6.07, 6.45) is 5.11. The Kier molecular flexibility index (Phi) is 3.01. The Labute approximate surface area is 139 Å². The second-order valence-corrected chi connectivity index (χ2v) is 6.02. The topological polar surface area (TPSA) is 108 Å². The van der Waals surface area contributed by atoms with Crippen molar-refractivity contribution in [2.24, 2.45) is 5.92 Å². The molecule has 1 aliphatic heterocycles. The van der Waals surface area contributed by atoms with Crippen molar-refractivity contribution >= 4 is 5.70 Å². The highest BCUT2D eigenvalue weighted by Gasteiger charge is 2.35. The number of halogens is 1. The summed E-state index contributed by atoms with van der Waals surface area (Å²) in [5.41, 5.74) is 1.50. The van der Waals surface area contributed by atoms with E-state index in [1.165, 1.54) is 16.7 Å². The maximum Gasteiger partial charge on any atom is 0.446 e. The molecule has 0 bridgehead atoms. The zero-order chi connectivity index (χ0) is 17.0. The van der Waals surface area contributed by atoms with Gasteiger partial charge >= 0.3 is 5.76 Å². The van der Waals surface area contributed by atoms with Crippen LogP contribution in [-0.2, 0) is 0 Å². The number of allylic oxidation sites excluding steroid dienone is 6. The highest BCUT2D eigenvalue weighted by atomic mass is 19.1. The van der Waals surface area contributed by atoms with Crippen molar-refractivity contribution in [1.29, 1.82) is 0 Å². The summed E-state index contributed by atoms with van der Waals surface area (Å²) in [6.45, 7) is 1.37. The summed E-state index contributed by atoms with van der Waals surface area (Å²) in [5, 5.41) is 14.4. The Morgan fingerprint density at radius 2 is 2.20 bits per heavy atom. The Bertz CT molecular complexity index is 994. The third-order valence-electron chi connectivity index (χ3n) is 4.49. The van der Waals surface area contributed by atoms with Crippen molar-refractivity contribution in [3.8, 4) is 17.4 Å². The molecule has 1 atom stereocenters. The number of hydrogen-bond donors (Lipinski definition) is 1. The lowest BCUT2D eigenvalue weighted by Crippen LogP contribution is -2.50. The van der Waals surface area contributed by atoms with E-state index in [9.17, 15) is 9.18 Å². The van der Waals surface area contributed by atoms with Crippen LogP contribution in [0, 0.1) is 5.92 Å². The van der Waals surface area contributed by atoms with Gasteiger partial charge in [0.2, 0.25) is 11.5 Å². The van der Waals surface area contributed by atoms with E-state index >= 15 is 0 Å². The van der Waals surface area contributed by atoms with Crippen molar-refractivity contribution in [3.05, 3.63) is 40.2 Å². The normalized spacial score (nSPS) is 22.3. The molecule has 5 rings (SSSR count). The van der Waals surface area contributed by atoms with Crippen molar-refractivity contribution in [2.45, 2.75) is 12.5 Å². The first-order valence-corrected chi connectivity index (χ1v) is 7.78. The standard InChI is InChI=1S/C15H12FN5O4/c16-8-2-1-7-3-11(10(7)4-8)21-13(19-24-15(21)22)12-14(20-25-18-12)23-9-5-17-6-9/h1-2,4,7,9,17H,3,5-6H2/t7-/m1/s1. The molecule has 2 aromatic rings. The zero-order valence-electron chi connectivity index (χ0n) is 12.8. The Morgan fingerprint density at radius 3 is 3.00 bits per heavy atom. The van der Waals surface area contributed by atoms with Gasteiger partial charge in [0.15, 0.2) is 0 Å². The molecule has 1 N–H and O–H groups in total. The van der Waals surface area contributed by atoms with E-state index < -0.39 is 5.76 Å². The smallest absolute Gasteiger partial charge is 0.446 e. The van der Waals surface area contributed by atoms with Gasteiger partial charge in [-0.1, -0.05) is 11.2 Å².